The molecule has 1 heterocycles. The largest absolute Gasteiger partial charge is 0.481 e. The normalized spacial score (nSPS) is 24.2. The minimum absolute atomic E-state index is 0.227. The molecule has 0 spiro atoms. The standard InChI is InChI=1S/C12H22FNO2/c1-10(8-12(15)16)11-4-2-6-14(9-11)7-3-5-13/h10-11H,2-9H2,1H3,(H,15,16). The number of hydrogen-bond donors (Lipinski definition) is 1. The van der Waals surface area contributed by atoms with Crippen LogP contribution in [0.1, 0.15) is 32.6 Å². The van der Waals surface area contributed by atoms with Gasteiger partial charge < -0.3 is 10.0 Å². The van der Waals surface area contributed by atoms with E-state index in [1.807, 2.05) is 6.92 Å². The first-order valence-corrected chi connectivity index (χ1v) is 6.13. The van der Waals surface area contributed by atoms with Crippen LogP contribution in [0.4, 0.5) is 4.39 Å². The lowest BCUT2D eigenvalue weighted by Gasteiger charge is -2.35. The molecule has 1 rings (SSSR count). The maximum Gasteiger partial charge on any atom is 0.303 e. The summed E-state index contributed by atoms with van der Waals surface area (Å²) in [6.45, 7) is 4.54. The Bertz CT molecular complexity index is 223. The van der Waals surface area contributed by atoms with E-state index < -0.39 is 5.97 Å². The first-order chi connectivity index (χ1) is 7.63. The Balaban J connectivity index is 2.34. The van der Waals surface area contributed by atoms with E-state index in [-0.39, 0.29) is 19.0 Å². The predicted octanol–water partition coefficient (Wildman–Crippen LogP) is 2.17. The third kappa shape index (κ3) is 4.47. The Morgan fingerprint density at radius 2 is 2.38 bits per heavy atom. The van der Waals surface area contributed by atoms with Gasteiger partial charge in [0.15, 0.2) is 0 Å². The summed E-state index contributed by atoms with van der Waals surface area (Å²) in [4.78, 5) is 12.9. The molecule has 1 aliphatic heterocycles. The number of carboxylic acids is 1. The minimum Gasteiger partial charge on any atom is -0.481 e. The predicted molar refractivity (Wildman–Crippen MR) is 61.2 cm³/mol. The molecular weight excluding hydrogens is 209 g/mol. The lowest BCUT2D eigenvalue weighted by Crippen LogP contribution is -2.38. The van der Waals surface area contributed by atoms with Crippen LogP contribution >= 0.6 is 0 Å². The maximum atomic E-state index is 12.1. The Morgan fingerprint density at radius 3 is 3.00 bits per heavy atom. The van der Waals surface area contributed by atoms with E-state index in [9.17, 15) is 9.18 Å². The molecule has 0 aromatic heterocycles. The smallest absolute Gasteiger partial charge is 0.303 e. The molecule has 4 heteroatoms. The number of nitrogens with zero attached hydrogens (tertiary/aromatic N) is 1. The van der Waals surface area contributed by atoms with Crippen molar-refractivity contribution in [3.05, 3.63) is 0 Å². The monoisotopic (exact) mass is 231 g/mol. The summed E-state index contributed by atoms with van der Waals surface area (Å²) >= 11 is 0. The second-order valence-electron chi connectivity index (χ2n) is 4.82. The van der Waals surface area contributed by atoms with Crippen molar-refractivity contribution in [1.82, 2.24) is 4.90 Å². The van der Waals surface area contributed by atoms with Crippen molar-refractivity contribution in [3.63, 3.8) is 0 Å². The van der Waals surface area contributed by atoms with Crippen LogP contribution < -0.4 is 0 Å². The van der Waals surface area contributed by atoms with E-state index in [2.05, 4.69) is 4.90 Å². The Kier molecular flexibility index (Phi) is 5.74. The summed E-state index contributed by atoms with van der Waals surface area (Å²) in [5.41, 5.74) is 0. The van der Waals surface area contributed by atoms with Gasteiger partial charge in [-0.2, -0.15) is 0 Å². The zero-order chi connectivity index (χ0) is 12.0. The van der Waals surface area contributed by atoms with Gasteiger partial charge in [0.1, 0.15) is 0 Å². The number of halogens is 1. The van der Waals surface area contributed by atoms with E-state index in [1.54, 1.807) is 0 Å². The second-order valence-corrected chi connectivity index (χ2v) is 4.82. The van der Waals surface area contributed by atoms with Gasteiger partial charge in [-0.25, -0.2) is 0 Å². The first-order valence-electron chi connectivity index (χ1n) is 6.13. The van der Waals surface area contributed by atoms with Gasteiger partial charge in [-0.05, 0) is 37.6 Å². The van der Waals surface area contributed by atoms with Crippen LogP contribution in [0.2, 0.25) is 0 Å². The summed E-state index contributed by atoms with van der Waals surface area (Å²) < 4.78 is 12.1. The maximum absolute atomic E-state index is 12.1. The zero-order valence-electron chi connectivity index (χ0n) is 9.99. The molecular formula is C12H22FNO2. The van der Waals surface area contributed by atoms with Crippen LogP contribution in [-0.4, -0.2) is 42.3 Å². The minimum atomic E-state index is -0.714. The molecule has 0 aromatic carbocycles. The van der Waals surface area contributed by atoms with Crippen LogP contribution in [0.25, 0.3) is 0 Å². The summed E-state index contributed by atoms with van der Waals surface area (Å²) in [5, 5.41) is 8.76. The van der Waals surface area contributed by atoms with Crippen molar-refractivity contribution < 1.29 is 14.3 Å². The molecule has 0 amide bonds. The molecule has 0 aromatic rings. The fraction of sp³-hybridized carbons (Fsp3) is 0.917. The number of carboxylic acid groups (broad SMARTS) is 1. The number of carbonyl (C=O) groups is 1. The van der Waals surface area contributed by atoms with Crippen LogP contribution in [0.5, 0.6) is 0 Å². The lowest BCUT2D eigenvalue weighted by molar-refractivity contribution is -0.138. The number of alkyl halides is 1. The topological polar surface area (TPSA) is 40.5 Å². The number of hydrogen-bond acceptors (Lipinski definition) is 2. The molecule has 2 atom stereocenters. The highest BCUT2D eigenvalue weighted by molar-refractivity contribution is 5.66. The van der Waals surface area contributed by atoms with Gasteiger partial charge in [0.25, 0.3) is 0 Å². The van der Waals surface area contributed by atoms with Gasteiger partial charge in [-0.1, -0.05) is 6.92 Å². The quantitative estimate of drug-likeness (QED) is 0.761. The third-order valence-electron chi connectivity index (χ3n) is 3.45. The van der Waals surface area contributed by atoms with E-state index in [1.165, 1.54) is 0 Å². The van der Waals surface area contributed by atoms with E-state index in [0.29, 0.717) is 12.3 Å². The lowest BCUT2D eigenvalue weighted by atomic mass is 9.84. The molecule has 1 N–H and O–H groups in total. The highest BCUT2D eigenvalue weighted by Gasteiger charge is 2.25. The van der Waals surface area contributed by atoms with Gasteiger partial charge in [0.05, 0.1) is 6.67 Å². The molecule has 3 nitrogen and oxygen atoms in total. The van der Waals surface area contributed by atoms with Crippen molar-refractivity contribution in [1.29, 1.82) is 0 Å². The van der Waals surface area contributed by atoms with Crippen molar-refractivity contribution in [2.24, 2.45) is 11.8 Å². The van der Waals surface area contributed by atoms with Crippen molar-refractivity contribution >= 4 is 5.97 Å². The van der Waals surface area contributed by atoms with E-state index in [0.717, 1.165) is 32.5 Å². The van der Waals surface area contributed by atoms with Crippen molar-refractivity contribution in [3.8, 4) is 0 Å². The summed E-state index contributed by atoms with van der Waals surface area (Å²) in [6, 6.07) is 0. The Labute approximate surface area is 96.6 Å². The molecule has 1 aliphatic rings. The zero-order valence-corrected chi connectivity index (χ0v) is 9.99. The summed E-state index contributed by atoms with van der Waals surface area (Å²) in [6.07, 6.45) is 3.07. The van der Waals surface area contributed by atoms with E-state index >= 15 is 0 Å². The fourth-order valence-corrected chi connectivity index (χ4v) is 2.48. The van der Waals surface area contributed by atoms with Gasteiger partial charge in [0.2, 0.25) is 0 Å². The van der Waals surface area contributed by atoms with Crippen molar-refractivity contribution in [2.45, 2.75) is 32.6 Å². The Hall–Kier alpha value is -0.640. The molecule has 1 saturated heterocycles. The second kappa shape index (κ2) is 6.84. The average molecular weight is 231 g/mol. The van der Waals surface area contributed by atoms with Crippen LogP contribution in [-0.2, 0) is 4.79 Å². The van der Waals surface area contributed by atoms with Gasteiger partial charge in [0, 0.05) is 19.5 Å². The van der Waals surface area contributed by atoms with Gasteiger partial charge in [-0.3, -0.25) is 9.18 Å². The van der Waals surface area contributed by atoms with Crippen LogP contribution in [0.3, 0.4) is 0 Å². The molecule has 0 saturated carbocycles. The molecule has 0 aliphatic carbocycles. The van der Waals surface area contributed by atoms with Crippen LogP contribution in [0, 0.1) is 11.8 Å². The SMILES string of the molecule is CC(CC(=O)O)C1CCCN(CCCF)C1. The number of piperidine rings is 1. The summed E-state index contributed by atoms with van der Waals surface area (Å²) in [7, 11) is 0. The molecule has 94 valence electrons. The van der Waals surface area contributed by atoms with Gasteiger partial charge in [-0.15, -0.1) is 0 Å². The number of aliphatic carboxylic acids is 1. The third-order valence-corrected chi connectivity index (χ3v) is 3.45. The highest BCUT2D eigenvalue weighted by Crippen LogP contribution is 2.26. The first kappa shape index (κ1) is 13.4. The molecule has 0 radical (unpaired) electrons. The molecule has 0 bridgehead atoms. The van der Waals surface area contributed by atoms with E-state index in [4.69, 9.17) is 5.11 Å². The highest BCUT2D eigenvalue weighted by atomic mass is 19.1. The van der Waals surface area contributed by atoms with Gasteiger partial charge >= 0.3 is 5.97 Å². The molecule has 16 heavy (non-hydrogen) atoms. The van der Waals surface area contributed by atoms with Crippen molar-refractivity contribution in [2.75, 3.05) is 26.3 Å². The molecule has 2 unspecified atom stereocenters. The molecule has 1 fully saturated rings. The number of rotatable bonds is 6. The van der Waals surface area contributed by atoms with Crippen LogP contribution in [0.15, 0.2) is 0 Å². The summed E-state index contributed by atoms with van der Waals surface area (Å²) in [5.74, 6) is -0.0245. The Morgan fingerprint density at radius 1 is 1.62 bits per heavy atom. The fourth-order valence-electron chi connectivity index (χ4n) is 2.48. The number of likely N-dealkylation sites (tertiary alicyclic amines) is 1. The average Bonchev–Trinajstić information content (AvgIpc) is 2.26.